The molecule has 1 heterocycles. The summed E-state index contributed by atoms with van der Waals surface area (Å²) in [6, 6.07) is 26.6. The predicted octanol–water partition coefficient (Wildman–Crippen LogP) is 5.84. The lowest BCUT2D eigenvalue weighted by Crippen LogP contribution is -2.36. The van der Waals surface area contributed by atoms with Gasteiger partial charge in [0.15, 0.2) is 6.29 Å². The normalized spacial score (nSPS) is 19.3. The zero-order valence-corrected chi connectivity index (χ0v) is 27.2. The fraction of sp³-hybridized carbons (Fsp3) is 0.459. The van der Waals surface area contributed by atoms with Crippen LogP contribution in [-0.4, -0.2) is 88.3 Å². The quantitative estimate of drug-likeness (QED) is 0.167. The van der Waals surface area contributed by atoms with Gasteiger partial charge < -0.3 is 23.8 Å². The third kappa shape index (κ3) is 9.39. The van der Waals surface area contributed by atoms with E-state index >= 15 is 0 Å². The number of likely N-dealkylation sites (N-methyl/N-ethyl adjacent to an activating group) is 1. The highest BCUT2D eigenvalue weighted by Crippen LogP contribution is 2.40. The van der Waals surface area contributed by atoms with E-state index in [1.807, 2.05) is 54.6 Å². The van der Waals surface area contributed by atoms with Gasteiger partial charge in [-0.25, -0.2) is 4.79 Å². The van der Waals surface area contributed by atoms with Crippen LogP contribution in [0.3, 0.4) is 0 Å². The van der Waals surface area contributed by atoms with Crippen molar-refractivity contribution in [2.24, 2.45) is 11.8 Å². The number of anilines is 1. The lowest BCUT2D eigenvalue weighted by molar-refractivity contribution is -0.143. The Bertz CT molecular complexity index is 1380. The SMILES string of the molecule is COC(CN(C)C(=O)CCOCCc1ccc(CN2CC3CC(OC(=O)Nc4ccccc4-c4ccccc4)C[C@H]3C2)cc1)OC. The van der Waals surface area contributed by atoms with Gasteiger partial charge in [0.1, 0.15) is 6.10 Å². The maximum absolute atomic E-state index is 12.8. The highest BCUT2D eigenvalue weighted by atomic mass is 16.7. The summed E-state index contributed by atoms with van der Waals surface area (Å²) in [6.45, 7) is 4.34. The Hall–Kier alpha value is -3.76. The van der Waals surface area contributed by atoms with Gasteiger partial charge in [-0.3, -0.25) is 15.0 Å². The number of likely N-dealkylation sites (tertiary alicyclic amines) is 1. The second-order valence-corrected chi connectivity index (χ2v) is 12.4. The van der Waals surface area contributed by atoms with Gasteiger partial charge in [-0.05, 0) is 53.9 Å². The van der Waals surface area contributed by atoms with Gasteiger partial charge in [0.25, 0.3) is 0 Å². The van der Waals surface area contributed by atoms with Crippen LogP contribution in [0.1, 0.15) is 30.4 Å². The summed E-state index contributed by atoms with van der Waals surface area (Å²) in [5, 5.41) is 2.98. The van der Waals surface area contributed by atoms with Gasteiger partial charge in [-0.15, -0.1) is 0 Å². The van der Waals surface area contributed by atoms with Crippen molar-refractivity contribution in [2.75, 3.05) is 59.4 Å². The van der Waals surface area contributed by atoms with Crippen LogP contribution in [0.25, 0.3) is 11.1 Å². The molecule has 1 saturated heterocycles. The molecule has 0 aromatic heterocycles. The van der Waals surface area contributed by atoms with Gasteiger partial charge >= 0.3 is 6.09 Å². The number of rotatable bonds is 15. The third-order valence-electron chi connectivity index (χ3n) is 9.10. The van der Waals surface area contributed by atoms with E-state index in [4.69, 9.17) is 18.9 Å². The molecule has 3 aromatic rings. The van der Waals surface area contributed by atoms with Crippen molar-refractivity contribution >= 4 is 17.7 Å². The number of methoxy groups -OCH3 is 2. The average Bonchev–Trinajstić information content (AvgIpc) is 3.62. The molecule has 0 bridgehead atoms. The average molecular weight is 630 g/mol. The molecule has 3 atom stereocenters. The number of fused-ring (bicyclic) bond motifs is 1. The van der Waals surface area contributed by atoms with Crippen molar-refractivity contribution in [2.45, 2.75) is 44.6 Å². The molecule has 1 saturated carbocycles. The Kier molecular flexibility index (Phi) is 12.2. The van der Waals surface area contributed by atoms with Crippen LogP contribution >= 0.6 is 0 Å². The number of ether oxygens (including phenoxy) is 4. The molecule has 2 aliphatic rings. The zero-order chi connectivity index (χ0) is 32.3. The molecule has 2 unspecified atom stereocenters. The van der Waals surface area contributed by atoms with E-state index in [2.05, 4.69) is 34.5 Å². The molecule has 46 heavy (non-hydrogen) atoms. The highest BCUT2D eigenvalue weighted by molar-refractivity contribution is 5.91. The van der Waals surface area contributed by atoms with Crippen LogP contribution in [0.4, 0.5) is 10.5 Å². The van der Waals surface area contributed by atoms with Gasteiger partial charge in [-0.2, -0.15) is 0 Å². The minimum atomic E-state index is -0.426. The van der Waals surface area contributed by atoms with Crippen LogP contribution in [0, 0.1) is 11.8 Å². The lowest BCUT2D eigenvalue weighted by atomic mass is 10.0. The fourth-order valence-electron chi connectivity index (χ4n) is 6.60. The Morgan fingerprint density at radius 3 is 2.22 bits per heavy atom. The number of hydrogen-bond acceptors (Lipinski definition) is 7. The molecule has 1 aliphatic carbocycles. The van der Waals surface area contributed by atoms with Gasteiger partial charge in [0, 0.05) is 46.5 Å². The van der Waals surface area contributed by atoms with Crippen molar-refractivity contribution in [3.63, 3.8) is 0 Å². The van der Waals surface area contributed by atoms with Crippen molar-refractivity contribution in [1.29, 1.82) is 0 Å². The van der Waals surface area contributed by atoms with Crippen LogP contribution in [0.15, 0.2) is 78.9 Å². The Morgan fingerprint density at radius 2 is 1.52 bits per heavy atom. The van der Waals surface area contributed by atoms with Crippen molar-refractivity contribution in [1.82, 2.24) is 9.80 Å². The second kappa shape index (κ2) is 16.7. The molecule has 3 aromatic carbocycles. The van der Waals surface area contributed by atoms with Crippen LogP contribution in [-0.2, 0) is 36.7 Å². The van der Waals surface area contributed by atoms with E-state index in [0.717, 1.165) is 55.7 Å². The van der Waals surface area contributed by atoms with E-state index in [1.165, 1.54) is 11.1 Å². The predicted molar refractivity (Wildman–Crippen MR) is 178 cm³/mol. The Labute approximate surface area is 272 Å². The molecule has 2 fully saturated rings. The number of amides is 2. The summed E-state index contributed by atoms with van der Waals surface area (Å²) in [7, 11) is 4.86. The maximum Gasteiger partial charge on any atom is 0.411 e. The smallest absolute Gasteiger partial charge is 0.411 e. The van der Waals surface area contributed by atoms with E-state index in [-0.39, 0.29) is 18.1 Å². The van der Waals surface area contributed by atoms with Crippen molar-refractivity contribution in [3.8, 4) is 11.1 Å². The van der Waals surface area contributed by atoms with Crippen molar-refractivity contribution in [3.05, 3.63) is 90.0 Å². The molecule has 9 nitrogen and oxygen atoms in total. The summed E-state index contributed by atoms with van der Waals surface area (Å²) < 4.78 is 21.9. The first-order valence-corrected chi connectivity index (χ1v) is 16.2. The molecular formula is C37H47N3O6. The molecule has 5 rings (SSSR count). The first kappa shape index (κ1) is 33.6. The van der Waals surface area contributed by atoms with E-state index < -0.39 is 6.29 Å². The molecule has 1 aliphatic heterocycles. The number of benzene rings is 3. The first-order valence-electron chi connectivity index (χ1n) is 16.2. The van der Waals surface area contributed by atoms with Crippen LogP contribution in [0.2, 0.25) is 0 Å². The molecule has 0 radical (unpaired) electrons. The summed E-state index contributed by atoms with van der Waals surface area (Å²) in [5.41, 5.74) is 5.32. The molecule has 0 spiro atoms. The Morgan fingerprint density at radius 1 is 0.870 bits per heavy atom. The fourth-order valence-corrected chi connectivity index (χ4v) is 6.60. The zero-order valence-electron chi connectivity index (χ0n) is 27.2. The number of carbonyl (C=O) groups is 2. The second-order valence-electron chi connectivity index (χ2n) is 12.4. The van der Waals surface area contributed by atoms with Crippen LogP contribution < -0.4 is 5.32 Å². The van der Waals surface area contributed by atoms with Crippen LogP contribution in [0.5, 0.6) is 0 Å². The van der Waals surface area contributed by atoms with Crippen molar-refractivity contribution < 1.29 is 28.5 Å². The lowest BCUT2D eigenvalue weighted by Gasteiger charge is -2.22. The number of carbonyl (C=O) groups excluding carboxylic acids is 2. The highest BCUT2D eigenvalue weighted by Gasteiger charge is 2.42. The molecule has 2 amide bonds. The standard InChI is InChI=1S/C37H47N3O6/c1-39(26-36(43-2)44-3)35(41)18-20-45-19-17-27-13-15-28(16-14-27)23-40-24-30-21-32(22-31(30)25-40)46-37(42)38-34-12-8-7-11-33(34)29-9-5-4-6-10-29/h4-16,30-32,36H,17-26H2,1-3H3,(H,38,42)/t30-,31?,32?/m0/s1. The minimum Gasteiger partial charge on any atom is -0.446 e. The number of para-hydroxylation sites is 1. The van der Waals surface area contributed by atoms with Gasteiger partial charge in [0.05, 0.1) is 31.9 Å². The van der Waals surface area contributed by atoms with E-state index in [1.54, 1.807) is 26.2 Å². The van der Waals surface area contributed by atoms with Gasteiger partial charge in [0.2, 0.25) is 5.91 Å². The minimum absolute atomic E-state index is 0.00346. The summed E-state index contributed by atoms with van der Waals surface area (Å²) >= 11 is 0. The number of nitrogens with one attached hydrogen (secondary N) is 1. The largest absolute Gasteiger partial charge is 0.446 e. The molecule has 246 valence electrons. The number of nitrogens with zero attached hydrogens (tertiary/aromatic N) is 2. The van der Waals surface area contributed by atoms with E-state index in [0.29, 0.717) is 38.0 Å². The topological polar surface area (TPSA) is 89.6 Å². The van der Waals surface area contributed by atoms with E-state index in [9.17, 15) is 9.59 Å². The molecular weight excluding hydrogens is 582 g/mol. The summed E-state index contributed by atoms with van der Waals surface area (Å²) in [5.74, 6) is 1.11. The Balaban J connectivity index is 0.980. The monoisotopic (exact) mass is 629 g/mol. The maximum atomic E-state index is 12.8. The van der Waals surface area contributed by atoms with Gasteiger partial charge in [-0.1, -0.05) is 72.8 Å². The number of hydrogen-bond donors (Lipinski definition) is 1. The third-order valence-corrected chi connectivity index (χ3v) is 9.10. The first-order chi connectivity index (χ1) is 22.4. The molecule has 1 N–H and O–H groups in total. The molecule has 9 heteroatoms. The summed E-state index contributed by atoms with van der Waals surface area (Å²) in [4.78, 5) is 29.2. The summed E-state index contributed by atoms with van der Waals surface area (Å²) in [6.07, 6.45) is 2.12.